The van der Waals surface area contributed by atoms with Crippen LogP contribution < -0.4 is 10.1 Å². The Bertz CT molecular complexity index is 590. The third-order valence-electron chi connectivity index (χ3n) is 2.45. The summed E-state index contributed by atoms with van der Waals surface area (Å²) >= 11 is 6.86. The summed E-state index contributed by atoms with van der Waals surface area (Å²) in [6.45, 7) is 4.57. The Hall–Kier alpha value is -1.14. The number of pyridine rings is 2. The van der Waals surface area contributed by atoms with Crippen LogP contribution in [0.1, 0.15) is 19.4 Å². The second-order valence-electron chi connectivity index (χ2n) is 4.47. The van der Waals surface area contributed by atoms with Crippen LogP contribution in [0.4, 0.5) is 5.82 Å². The maximum atomic E-state index is 5.69. The molecule has 20 heavy (non-hydrogen) atoms. The van der Waals surface area contributed by atoms with Crippen molar-refractivity contribution >= 4 is 37.7 Å². The Balaban J connectivity index is 2.10. The number of aromatic nitrogens is 2. The van der Waals surface area contributed by atoms with Crippen molar-refractivity contribution in [2.45, 2.75) is 26.5 Å². The van der Waals surface area contributed by atoms with Gasteiger partial charge in [-0.15, -0.1) is 0 Å². The number of nitrogens with zero attached hydrogens (tertiary/aromatic N) is 2. The van der Waals surface area contributed by atoms with Crippen LogP contribution in [0.15, 0.2) is 39.5 Å². The quantitative estimate of drug-likeness (QED) is 0.807. The molecule has 6 heteroatoms. The Morgan fingerprint density at radius 3 is 2.80 bits per heavy atom. The van der Waals surface area contributed by atoms with Crippen LogP contribution in [0, 0.1) is 0 Å². The van der Waals surface area contributed by atoms with E-state index in [1.165, 1.54) is 0 Å². The van der Waals surface area contributed by atoms with Gasteiger partial charge in [0.25, 0.3) is 0 Å². The van der Waals surface area contributed by atoms with Gasteiger partial charge in [0.15, 0.2) is 0 Å². The molecule has 0 unspecified atom stereocenters. The fourth-order valence-electron chi connectivity index (χ4n) is 1.61. The number of halogens is 2. The number of anilines is 1. The first-order valence-electron chi connectivity index (χ1n) is 6.21. The van der Waals surface area contributed by atoms with E-state index in [0.29, 0.717) is 12.4 Å². The number of rotatable bonds is 5. The predicted molar refractivity (Wildman–Crippen MR) is 87.0 cm³/mol. The summed E-state index contributed by atoms with van der Waals surface area (Å²) in [5.74, 6) is 1.44. The first kappa shape index (κ1) is 15.3. The molecule has 0 aliphatic carbocycles. The zero-order valence-electron chi connectivity index (χ0n) is 11.2. The molecule has 0 saturated heterocycles. The van der Waals surface area contributed by atoms with E-state index in [2.05, 4.69) is 47.1 Å². The molecule has 0 spiro atoms. The Morgan fingerprint density at radius 2 is 2.10 bits per heavy atom. The number of hydrogen-bond acceptors (Lipinski definition) is 4. The van der Waals surface area contributed by atoms with Crippen molar-refractivity contribution in [2.75, 3.05) is 5.32 Å². The monoisotopic (exact) mass is 399 g/mol. The molecular weight excluding hydrogens is 386 g/mol. The summed E-state index contributed by atoms with van der Waals surface area (Å²) in [4.78, 5) is 8.58. The van der Waals surface area contributed by atoms with Gasteiger partial charge >= 0.3 is 0 Å². The molecule has 0 atom stereocenters. The van der Waals surface area contributed by atoms with Gasteiger partial charge in [0.1, 0.15) is 5.82 Å². The minimum atomic E-state index is 0.0983. The molecule has 0 amide bonds. The molecule has 0 aliphatic heterocycles. The van der Waals surface area contributed by atoms with Crippen molar-refractivity contribution in [3.05, 3.63) is 45.1 Å². The van der Waals surface area contributed by atoms with Crippen molar-refractivity contribution in [2.24, 2.45) is 0 Å². The van der Waals surface area contributed by atoms with Crippen LogP contribution in [-0.4, -0.2) is 16.1 Å². The molecule has 0 saturated carbocycles. The van der Waals surface area contributed by atoms with Crippen LogP contribution in [-0.2, 0) is 6.54 Å². The lowest BCUT2D eigenvalue weighted by atomic mass is 10.2. The van der Waals surface area contributed by atoms with Crippen molar-refractivity contribution in [1.82, 2.24) is 9.97 Å². The zero-order chi connectivity index (χ0) is 14.5. The Kier molecular flexibility index (Phi) is 5.37. The number of hydrogen-bond donors (Lipinski definition) is 1. The summed E-state index contributed by atoms with van der Waals surface area (Å²) in [6, 6.07) is 5.84. The van der Waals surface area contributed by atoms with Crippen LogP contribution in [0.2, 0.25) is 0 Å². The molecule has 0 aromatic carbocycles. The van der Waals surface area contributed by atoms with E-state index in [1.54, 1.807) is 12.4 Å². The molecule has 2 aromatic rings. The third kappa shape index (κ3) is 4.18. The second-order valence-corrected chi connectivity index (χ2v) is 6.24. The van der Waals surface area contributed by atoms with Crippen LogP contribution in [0.25, 0.3) is 0 Å². The van der Waals surface area contributed by atoms with E-state index < -0.39 is 0 Å². The van der Waals surface area contributed by atoms with Crippen molar-refractivity contribution in [3.63, 3.8) is 0 Å². The van der Waals surface area contributed by atoms with E-state index in [1.807, 2.05) is 32.0 Å². The molecule has 2 rings (SSSR count). The summed E-state index contributed by atoms with van der Waals surface area (Å²) in [7, 11) is 0. The summed E-state index contributed by atoms with van der Waals surface area (Å²) < 4.78 is 7.53. The highest BCUT2D eigenvalue weighted by Crippen LogP contribution is 2.25. The Labute approximate surface area is 135 Å². The van der Waals surface area contributed by atoms with E-state index in [0.717, 1.165) is 20.3 Å². The lowest BCUT2D eigenvalue weighted by Crippen LogP contribution is -2.11. The maximum Gasteiger partial charge on any atom is 0.218 e. The zero-order valence-corrected chi connectivity index (χ0v) is 14.4. The molecule has 4 nitrogen and oxygen atoms in total. The van der Waals surface area contributed by atoms with E-state index in [-0.39, 0.29) is 6.10 Å². The average Bonchev–Trinajstić information content (AvgIpc) is 2.39. The molecular formula is C14H15Br2N3O. The lowest BCUT2D eigenvalue weighted by Gasteiger charge is -2.14. The highest BCUT2D eigenvalue weighted by Gasteiger charge is 2.08. The average molecular weight is 401 g/mol. The highest BCUT2D eigenvalue weighted by molar-refractivity contribution is 9.11. The van der Waals surface area contributed by atoms with Gasteiger partial charge in [0.2, 0.25) is 5.88 Å². The molecule has 0 aliphatic rings. The van der Waals surface area contributed by atoms with Crippen LogP contribution in [0.5, 0.6) is 5.88 Å². The van der Waals surface area contributed by atoms with Gasteiger partial charge in [-0.3, -0.25) is 0 Å². The van der Waals surface area contributed by atoms with E-state index in [4.69, 9.17) is 4.74 Å². The molecule has 0 fully saturated rings. The SMILES string of the molecule is CC(C)Oc1ncccc1CNc1ncc(Br)cc1Br. The van der Waals surface area contributed by atoms with Crippen molar-refractivity contribution in [1.29, 1.82) is 0 Å². The van der Waals surface area contributed by atoms with Crippen molar-refractivity contribution < 1.29 is 4.74 Å². The summed E-state index contributed by atoms with van der Waals surface area (Å²) in [5.41, 5.74) is 0.998. The molecule has 2 aromatic heterocycles. The molecule has 2 heterocycles. The fourth-order valence-corrected chi connectivity index (χ4v) is 2.74. The number of ether oxygens (including phenoxy) is 1. The summed E-state index contributed by atoms with van der Waals surface area (Å²) in [5, 5.41) is 3.27. The van der Waals surface area contributed by atoms with E-state index in [9.17, 15) is 0 Å². The van der Waals surface area contributed by atoms with Gasteiger partial charge < -0.3 is 10.1 Å². The fraction of sp³-hybridized carbons (Fsp3) is 0.286. The van der Waals surface area contributed by atoms with Gasteiger partial charge in [-0.2, -0.15) is 0 Å². The largest absolute Gasteiger partial charge is 0.475 e. The summed E-state index contributed by atoms with van der Waals surface area (Å²) in [6.07, 6.45) is 3.58. The second kappa shape index (κ2) is 7.04. The van der Waals surface area contributed by atoms with Gasteiger partial charge in [-0.05, 0) is 57.8 Å². The van der Waals surface area contributed by atoms with Crippen molar-refractivity contribution in [3.8, 4) is 5.88 Å². The van der Waals surface area contributed by atoms with Crippen LogP contribution >= 0.6 is 31.9 Å². The Morgan fingerprint density at radius 1 is 1.30 bits per heavy atom. The highest BCUT2D eigenvalue weighted by atomic mass is 79.9. The smallest absolute Gasteiger partial charge is 0.218 e. The molecule has 0 radical (unpaired) electrons. The number of nitrogens with one attached hydrogen (secondary N) is 1. The normalized spacial score (nSPS) is 10.7. The standard InChI is InChI=1S/C14H15Br2N3O/c1-9(2)20-14-10(4-3-5-17-14)7-18-13-12(16)6-11(15)8-19-13/h3-6,8-9H,7H2,1-2H3,(H,18,19). The minimum absolute atomic E-state index is 0.0983. The molecule has 106 valence electrons. The van der Waals surface area contributed by atoms with Crippen LogP contribution in [0.3, 0.4) is 0 Å². The first-order valence-corrected chi connectivity index (χ1v) is 7.80. The first-order chi connectivity index (χ1) is 9.56. The predicted octanol–water partition coefficient (Wildman–Crippen LogP) is 4.40. The van der Waals surface area contributed by atoms with E-state index >= 15 is 0 Å². The van der Waals surface area contributed by atoms with Gasteiger partial charge in [-0.1, -0.05) is 6.07 Å². The third-order valence-corrected chi connectivity index (χ3v) is 3.49. The lowest BCUT2D eigenvalue weighted by molar-refractivity contribution is 0.230. The molecule has 1 N–H and O–H groups in total. The maximum absolute atomic E-state index is 5.69. The minimum Gasteiger partial charge on any atom is -0.475 e. The van der Waals surface area contributed by atoms with Gasteiger partial charge in [0.05, 0.1) is 10.6 Å². The molecule has 0 bridgehead atoms. The topological polar surface area (TPSA) is 47.0 Å². The van der Waals surface area contributed by atoms with Gasteiger partial charge in [-0.25, -0.2) is 9.97 Å². The van der Waals surface area contributed by atoms with Gasteiger partial charge in [0, 0.05) is 29.0 Å².